The molecular weight excluding hydrogens is 192 g/mol. The summed E-state index contributed by atoms with van der Waals surface area (Å²) in [4.78, 5) is 3.69. The number of pyridine rings is 1. The fourth-order valence-corrected chi connectivity index (χ4v) is 1.10. The van der Waals surface area contributed by atoms with Crippen LogP contribution in [-0.2, 0) is 6.54 Å². The van der Waals surface area contributed by atoms with Gasteiger partial charge in [0.1, 0.15) is 5.56 Å². The summed E-state index contributed by atoms with van der Waals surface area (Å²) < 4.78 is 29.8. The zero-order valence-corrected chi connectivity index (χ0v) is 7.63. The zero-order chi connectivity index (χ0) is 10.7. The minimum Gasteiger partial charge on any atom is -0.481 e. The molecule has 0 aliphatic carbocycles. The second-order valence-electron chi connectivity index (χ2n) is 2.62. The van der Waals surface area contributed by atoms with E-state index in [1.807, 2.05) is 0 Å². The van der Waals surface area contributed by atoms with E-state index in [2.05, 4.69) is 9.72 Å². The smallest absolute Gasteiger partial charge is 0.271 e. The fourth-order valence-electron chi connectivity index (χ4n) is 1.10. The topological polar surface area (TPSA) is 74.2 Å². The van der Waals surface area contributed by atoms with Gasteiger partial charge in [-0.1, -0.05) is 0 Å². The lowest BCUT2D eigenvalue weighted by Crippen LogP contribution is -2.08. The predicted octanol–water partition coefficient (Wildman–Crippen LogP) is 1.07. The summed E-state index contributed by atoms with van der Waals surface area (Å²) in [5, 5.41) is 0. The summed E-state index contributed by atoms with van der Waals surface area (Å²) in [7, 11) is 1.26. The first-order valence-corrected chi connectivity index (χ1v) is 3.91. The highest BCUT2D eigenvalue weighted by atomic mass is 19.3. The van der Waals surface area contributed by atoms with Gasteiger partial charge in [0.15, 0.2) is 0 Å². The number of halogens is 2. The molecule has 0 amide bonds. The second-order valence-corrected chi connectivity index (χ2v) is 2.62. The van der Waals surface area contributed by atoms with Gasteiger partial charge in [-0.15, -0.1) is 0 Å². The summed E-state index contributed by atoms with van der Waals surface area (Å²) in [5.74, 6) is -0.158. The van der Waals surface area contributed by atoms with Crippen LogP contribution in [0, 0.1) is 0 Å². The number of nitrogens with two attached hydrogens (primary N) is 2. The Labute approximate surface area is 79.9 Å². The maximum Gasteiger partial charge on any atom is 0.271 e. The number of nitrogen functional groups attached to an aromatic ring is 1. The quantitative estimate of drug-likeness (QED) is 0.770. The molecule has 0 atom stereocenters. The van der Waals surface area contributed by atoms with Gasteiger partial charge in [0.05, 0.1) is 12.8 Å². The van der Waals surface area contributed by atoms with Gasteiger partial charge in [0.25, 0.3) is 6.43 Å². The fraction of sp³-hybridized carbons (Fsp3) is 0.375. The first-order chi connectivity index (χ1) is 6.61. The van der Waals surface area contributed by atoms with Crippen molar-refractivity contribution < 1.29 is 13.5 Å². The molecule has 1 aromatic heterocycles. The van der Waals surface area contributed by atoms with Crippen LogP contribution in [0.3, 0.4) is 0 Å². The molecule has 0 spiro atoms. The van der Waals surface area contributed by atoms with E-state index >= 15 is 0 Å². The van der Waals surface area contributed by atoms with Crippen LogP contribution in [0.4, 0.5) is 14.5 Å². The summed E-state index contributed by atoms with van der Waals surface area (Å²) in [6.45, 7) is 0.0720. The highest BCUT2D eigenvalue weighted by molar-refractivity contribution is 5.57. The molecule has 6 heteroatoms. The Morgan fingerprint density at radius 3 is 2.64 bits per heavy atom. The molecule has 0 radical (unpaired) electrons. The van der Waals surface area contributed by atoms with Gasteiger partial charge in [-0.25, -0.2) is 13.8 Å². The van der Waals surface area contributed by atoms with Crippen molar-refractivity contribution in [3.8, 4) is 5.88 Å². The lowest BCUT2D eigenvalue weighted by Gasteiger charge is -2.12. The molecule has 4 N–H and O–H groups in total. The number of rotatable bonds is 3. The molecule has 1 heterocycles. The molecule has 14 heavy (non-hydrogen) atoms. The maximum atomic E-state index is 12.6. The minimum atomic E-state index is -2.72. The van der Waals surface area contributed by atoms with Gasteiger partial charge in [-0.2, -0.15) is 0 Å². The maximum absolute atomic E-state index is 12.6. The van der Waals surface area contributed by atoms with Crippen molar-refractivity contribution >= 4 is 5.69 Å². The average molecular weight is 203 g/mol. The average Bonchev–Trinajstić information content (AvgIpc) is 2.16. The number of nitrogens with zero attached hydrogens (tertiary/aromatic N) is 1. The summed E-state index contributed by atoms with van der Waals surface area (Å²) >= 11 is 0. The largest absolute Gasteiger partial charge is 0.481 e. The van der Waals surface area contributed by atoms with Crippen molar-refractivity contribution in [1.82, 2.24) is 4.98 Å². The third kappa shape index (κ3) is 1.74. The Morgan fingerprint density at radius 2 is 2.21 bits per heavy atom. The van der Waals surface area contributed by atoms with Crippen LogP contribution < -0.4 is 16.2 Å². The van der Waals surface area contributed by atoms with Gasteiger partial charge in [0.2, 0.25) is 5.88 Å². The first-order valence-electron chi connectivity index (χ1n) is 3.91. The molecule has 0 aliphatic heterocycles. The van der Waals surface area contributed by atoms with Gasteiger partial charge in [0, 0.05) is 18.3 Å². The molecule has 0 bridgehead atoms. The predicted molar refractivity (Wildman–Crippen MR) is 48.0 cm³/mol. The number of hydrogen-bond donors (Lipinski definition) is 2. The summed E-state index contributed by atoms with van der Waals surface area (Å²) in [5.41, 5.74) is 10.7. The Hall–Kier alpha value is -1.43. The molecule has 0 saturated carbocycles. The van der Waals surface area contributed by atoms with Crippen LogP contribution in [0.25, 0.3) is 0 Å². The highest BCUT2D eigenvalue weighted by Crippen LogP contribution is 2.33. The van der Waals surface area contributed by atoms with Crippen molar-refractivity contribution in [3.05, 3.63) is 17.3 Å². The number of hydrogen-bond acceptors (Lipinski definition) is 4. The molecule has 78 valence electrons. The van der Waals surface area contributed by atoms with E-state index in [1.165, 1.54) is 13.3 Å². The van der Waals surface area contributed by atoms with E-state index in [0.29, 0.717) is 5.56 Å². The van der Waals surface area contributed by atoms with Crippen molar-refractivity contribution in [2.24, 2.45) is 5.73 Å². The number of ether oxygens (including phenoxy) is 1. The zero-order valence-electron chi connectivity index (χ0n) is 7.63. The van der Waals surface area contributed by atoms with Crippen molar-refractivity contribution in [3.63, 3.8) is 0 Å². The molecule has 0 aromatic carbocycles. The normalized spacial score (nSPS) is 10.6. The molecule has 0 unspecified atom stereocenters. The number of methoxy groups -OCH3 is 1. The third-order valence-corrected chi connectivity index (χ3v) is 1.84. The van der Waals surface area contributed by atoms with E-state index in [1.54, 1.807) is 0 Å². The Morgan fingerprint density at radius 1 is 1.57 bits per heavy atom. The highest BCUT2D eigenvalue weighted by Gasteiger charge is 2.20. The van der Waals surface area contributed by atoms with Crippen LogP contribution in [0.15, 0.2) is 6.20 Å². The molecule has 0 saturated heterocycles. The van der Waals surface area contributed by atoms with Gasteiger partial charge in [-0.05, 0) is 0 Å². The van der Waals surface area contributed by atoms with E-state index < -0.39 is 12.0 Å². The second kappa shape index (κ2) is 4.19. The first kappa shape index (κ1) is 10.6. The van der Waals surface area contributed by atoms with E-state index in [-0.39, 0.29) is 18.1 Å². The minimum absolute atomic E-state index is 0.0469. The molecule has 0 fully saturated rings. The standard InChI is InChI=1S/C8H11F2N3O/c1-14-8-5(7(9)10)6(12)4(2-11)3-13-8/h3,7H,2,11H2,1H3,(H2,12,13). The summed E-state index contributed by atoms with van der Waals surface area (Å²) in [6, 6.07) is 0. The van der Waals surface area contributed by atoms with Crippen LogP contribution in [0.2, 0.25) is 0 Å². The molecule has 1 rings (SSSR count). The van der Waals surface area contributed by atoms with Crippen LogP contribution in [0.5, 0.6) is 5.88 Å². The van der Waals surface area contributed by atoms with E-state index in [4.69, 9.17) is 11.5 Å². The summed E-state index contributed by atoms with van der Waals surface area (Å²) in [6.07, 6.45) is -1.39. The van der Waals surface area contributed by atoms with Crippen LogP contribution >= 0.6 is 0 Å². The van der Waals surface area contributed by atoms with Gasteiger partial charge < -0.3 is 16.2 Å². The number of aromatic nitrogens is 1. The molecule has 1 aromatic rings. The van der Waals surface area contributed by atoms with Gasteiger partial charge >= 0.3 is 0 Å². The van der Waals surface area contributed by atoms with Crippen molar-refractivity contribution in [2.75, 3.05) is 12.8 Å². The monoisotopic (exact) mass is 203 g/mol. The molecule has 4 nitrogen and oxygen atoms in total. The lowest BCUT2D eigenvalue weighted by molar-refractivity contribution is 0.147. The Balaban J connectivity index is 3.31. The molecular formula is C8H11F2N3O. The number of alkyl halides is 2. The van der Waals surface area contributed by atoms with E-state index in [0.717, 1.165) is 0 Å². The number of anilines is 1. The van der Waals surface area contributed by atoms with Crippen molar-refractivity contribution in [2.45, 2.75) is 13.0 Å². The molecule has 0 aliphatic rings. The Bertz CT molecular complexity index is 331. The Kier molecular flexibility index (Phi) is 3.19. The van der Waals surface area contributed by atoms with Crippen molar-refractivity contribution in [1.29, 1.82) is 0 Å². The lowest BCUT2D eigenvalue weighted by atomic mass is 10.1. The van der Waals surface area contributed by atoms with E-state index in [9.17, 15) is 8.78 Å². The van der Waals surface area contributed by atoms with Gasteiger partial charge in [-0.3, -0.25) is 0 Å². The van der Waals surface area contributed by atoms with Crippen LogP contribution in [-0.4, -0.2) is 12.1 Å². The van der Waals surface area contributed by atoms with Crippen LogP contribution in [0.1, 0.15) is 17.6 Å². The third-order valence-electron chi connectivity index (χ3n) is 1.84. The SMILES string of the molecule is COc1ncc(CN)c(N)c1C(F)F.